The van der Waals surface area contributed by atoms with E-state index in [0.717, 1.165) is 28.4 Å². The first-order chi connectivity index (χ1) is 14.4. The molecule has 1 N–H and O–H groups in total. The van der Waals surface area contributed by atoms with E-state index in [1.165, 1.54) is 12.8 Å². The number of rotatable bonds is 6. The number of nitrogens with zero attached hydrogens (tertiary/aromatic N) is 1. The van der Waals surface area contributed by atoms with Crippen LogP contribution < -0.4 is 10.2 Å². The van der Waals surface area contributed by atoms with Gasteiger partial charge >= 0.3 is 0 Å². The van der Waals surface area contributed by atoms with Crippen LogP contribution in [0.15, 0.2) is 46.0 Å². The van der Waals surface area contributed by atoms with E-state index in [1.54, 1.807) is 18.3 Å². The Morgan fingerprint density at radius 1 is 1.30 bits per heavy atom. The van der Waals surface area contributed by atoms with Crippen molar-refractivity contribution in [3.63, 3.8) is 0 Å². The molecule has 2 saturated carbocycles. The molecule has 30 heavy (non-hydrogen) atoms. The fraction of sp³-hybridized carbons (Fsp3) is 0.391. The minimum absolute atomic E-state index is 0.0412. The van der Waals surface area contributed by atoms with E-state index in [1.807, 2.05) is 24.3 Å². The Hall–Kier alpha value is -1.56. The number of hydrogen-bond donors (Lipinski definition) is 1. The maximum Gasteiger partial charge on any atom is 0.244 e. The fourth-order valence-corrected chi connectivity index (χ4v) is 5.57. The highest BCUT2D eigenvalue weighted by Crippen LogP contribution is 2.66. The summed E-state index contributed by atoms with van der Waals surface area (Å²) in [5.41, 5.74) is 4.63. The van der Waals surface area contributed by atoms with Crippen molar-refractivity contribution in [2.75, 3.05) is 0 Å². The number of ether oxygens (including phenoxy) is 1. The molecule has 2 aliphatic rings. The highest BCUT2D eigenvalue weighted by molar-refractivity contribution is 9.10. The second-order valence-corrected chi connectivity index (χ2v) is 9.98. The summed E-state index contributed by atoms with van der Waals surface area (Å²) in [7, 11) is 0. The lowest BCUT2D eigenvalue weighted by Crippen LogP contribution is -2.22. The number of benzene rings is 2. The van der Waals surface area contributed by atoms with Crippen LogP contribution in [0.2, 0.25) is 10.0 Å². The van der Waals surface area contributed by atoms with Crippen molar-refractivity contribution in [2.45, 2.75) is 39.2 Å². The molecule has 0 spiro atoms. The first-order valence-corrected chi connectivity index (χ1v) is 11.6. The molecule has 0 saturated heterocycles. The average molecular weight is 510 g/mol. The minimum atomic E-state index is 0.0412. The Morgan fingerprint density at radius 3 is 2.83 bits per heavy atom. The first-order valence-electron chi connectivity index (χ1n) is 10.1. The number of nitrogens with one attached hydrogen (secondary N) is 1. The van der Waals surface area contributed by atoms with Crippen molar-refractivity contribution in [3.05, 3.63) is 62.0 Å². The third-order valence-corrected chi connectivity index (χ3v) is 7.56. The summed E-state index contributed by atoms with van der Waals surface area (Å²) in [6, 6.07) is 11.0. The standard InChI is InChI=1S/C23H23BrCl2N2O2/c1-23-9-3-2-4-17(23)21(23)22(29)28-27-12-14-5-8-20(18(24)10-14)30-13-15-6-7-16(25)11-19(15)26/h5-8,10-12,17,21H,2-4,9,13H2,1H3,(H,28,29)/b27-12-/t17-,21+,23-/m0/s1. The predicted molar refractivity (Wildman–Crippen MR) is 124 cm³/mol. The number of carbonyl (C=O) groups is 1. The summed E-state index contributed by atoms with van der Waals surface area (Å²) in [6.45, 7) is 2.57. The van der Waals surface area contributed by atoms with E-state index >= 15 is 0 Å². The van der Waals surface area contributed by atoms with Gasteiger partial charge in [0.1, 0.15) is 12.4 Å². The first kappa shape index (κ1) is 21.7. The van der Waals surface area contributed by atoms with Gasteiger partial charge in [-0.05, 0) is 76.0 Å². The predicted octanol–water partition coefficient (Wildman–Crippen LogP) is 6.61. The second kappa shape index (κ2) is 8.89. The monoisotopic (exact) mass is 508 g/mol. The van der Waals surface area contributed by atoms with Crippen LogP contribution in [0.25, 0.3) is 0 Å². The zero-order valence-corrected chi connectivity index (χ0v) is 19.7. The third kappa shape index (κ3) is 4.53. The van der Waals surface area contributed by atoms with Crippen molar-refractivity contribution in [3.8, 4) is 5.75 Å². The van der Waals surface area contributed by atoms with Gasteiger partial charge in [-0.15, -0.1) is 0 Å². The van der Waals surface area contributed by atoms with Crippen LogP contribution in [0, 0.1) is 17.3 Å². The number of halogens is 3. The van der Waals surface area contributed by atoms with Gasteiger partial charge in [-0.2, -0.15) is 5.10 Å². The molecule has 2 fully saturated rings. The summed E-state index contributed by atoms with van der Waals surface area (Å²) >= 11 is 15.6. The fourth-order valence-electron chi connectivity index (χ4n) is 4.60. The Balaban J connectivity index is 1.32. The van der Waals surface area contributed by atoms with Gasteiger partial charge in [0.05, 0.1) is 10.7 Å². The third-order valence-electron chi connectivity index (χ3n) is 6.36. The number of hydrogen-bond acceptors (Lipinski definition) is 3. The quantitative estimate of drug-likeness (QED) is 0.351. The Labute approximate surface area is 195 Å². The SMILES string of the molecule is C[C@]12CCCC[C@H]1[C@@H]2C(=O)N/N=C\c1ccc(OCc2ccc(Cl)cc2Cl)c(Br)c1. The number of hydrazone groups is 1. The van der Waals surface area contributed by atoms with Gasteiger partial charge < -0.3 is 4.74 Å². The Bertz CT molecular complexity index is 997. The molecule has 158 valence electrons. The lowest BCUT2D eigenvalue weighted by molar-refractivity contribution is -0.123. The molecule has 2 aromatic rings. The maximum absolute atomic E-state index is 12.5. The molecule has 2 aromatic carbocycles. The lowest BCUT2D eigenvalue weighted by atomic mass is 9.90. The summed E-state index contributed by atoms with van der Waals surface area (Å²) in [4.78, 5) is 12.5. The minimum Gasteiger partial charge on any atom is -0.488 e. The van der Waals surface area contributed by atoms with E-state index in [4.69, 9.17) is 27.9 Å². The number of carbonyl (C=O) groups excluding carboxylic acids is 1. The lowest BCUT2D eigenvalue weighted by Gasteiger charge is -2.15. The summed E-state index contributed by atoms with van der Waals surface area (Å²) < 4.78 is 6.65. The largest absolute Gasteiger partial charge is 0.488 e. The molecule has 3 atom stereocenters. The van der Waals surface area contributed by atoms with Gasteiger partial charge in [0.15, 0.2) is 0 Å². The zero-order chi connectivity index (χ0) is 21.3. The maximum atomic E-state index is 12.5. The summed E-state index contributed by atoms with van der Waals surface area (Å²) in [5.74, 6) is 1.37. The van der Waals surface area contributed by atoms with Crippen LogP contribution in [0.3, 0.4) is 0 Å². The smallest absolute Gasteiger partial charge is 0.244 e. The molecule has 0 bridgehead atoms. The van der Waals surface area contributed by atoms with Crippen molar-refractivity contribution in [1.29, 1.82) is 0 Å². The Kier molecular flexibility index (Phi) is 6.42. The number of fused-ring (bicyclic) bond motifs is 1. The van der Waals surface area contributed by atoms with Crippen molar-refractivity contribution in [2.24, 2.45) is 22.4 Å². The molecule has 0 unspecified atom stereocenters. The second-order valence-electron chi connectivity index (χ2n) is 8.28. The van der Waals surface area contributed by atoms with Crippen molar-refractivity contribution in [1.82, 2.24) is 5.43 Å². The van der Waals surface area contributed by atoms with Gasteiger partial charge in [0.2, 0.25) is 5.91 Å². The highest BCUT2D eigenvalue weighted by Gasteiger charge is 2.64. The van der Waals surface area contributed by atoms with E-state index < -0.39 is 0 Å². The van der Waals surface area contributed by atoms with E-state index in [2.05, 4.69) is 33.4 Å². The van der Waals surface area contributed by atoms with E-state index in [9.17, 15) is 4.79 Å². The molecule has 0 heterocycles. The highest BCUT2D eigenvalue weighted by atomic mass is 79.9. The molecule has 0 aromatic heterocycles. The van der Waals surface area contributed by atoms with E-state index in [0.29, 0.717) is 28.3 Å². The Morgan fingerprint density at radius 2 is 2.13 bits per heavy atom. The molecule has 0 aliphatic heterocycles. The van der Waals surface area contributed by atoms with Crippen LogP contribution in [-0.4, -0.2) is 12.1 Å². The van der Waals surface area contributed by atoms with Gasteiger partial charge in [0, 0.05) is 21.5 Å². The van der Waals surface area contributed by atoms with Crippen LogP contribution in [-0.2, 0) is 11.4 Å². The van der Waals surface area contributed by atoms with Crippen molar-refractivity contribution >= 4 is 51.3 Å². The molecule has 0 radical (unpaired) electrons. The molecule has 4 nitrogen and oxygen atoms in total. The van der Waals surface area contributed by atoms with Gasteiger partial charge in [-0.1, -0.05) is 49.0 Å². The van der Waals surface area contributed by atoms with Crippen LogP contribution in [0.5, 0.6) is 5.75 Å². The number of amides is 1. The zero-order valence-electron chi connectivity index (χ0n) is 16.6. The molecule has 2 aliphatic carbocycles. The molecule has 7 heteroatoms. The van der Waals surface area contributed by atoms with Gasteiger partial charge in [0.25, 0.3) is 0 Å². The molecular weight excluding hydrogens is 487 g/mol. The van der Waals surface area contributed by atoms with Crippen molar-refractivity contribution < 1.29 is 9.53 Å². The summed E-state index contributed by atoms with van der Waals surface area (Å²) in [6.07, 6.45) is 6.42. The molecule has 1 amide bonds. The normalized spacial score (nSPS) is 25.1. The molecule has 4 rings (SSSR count). The molecular formula is C23H23BrCl2N2O2. The topological polar surface area (TPSA) is 50.7 Å². The summed E-state index contributed by atoms with van der Waals surface area (Å²) in [5, 5.41) is 5.32. The van der Waals surface area contributed by atoms with Crippen LogP contribution >= 0.6 is 39.1 Å². The van der Waals surface area contributed by atoms with Crippen LogP contribution in [0.1, 0.15) is 43.7 Å². The van der Waals surface area contributed by atoms with E-state index in [-0.39, 0.29) is 17.2 Å². The average Bonchev–Trinajstić information content (AvgIpc) is 3.34. The van der Waals surface area contributed by atoms with Gasteiger partial charge in [-0.25, -0.2) is 5.43 Å². The van der Waals surface area contributed by atoms with Crippen LogP contribution in [0.4, 0.5) is 0 Å². The van der Waals surface area contributed by atoms with Gasteiger partial charge in [-0.3, -0.25) is 4.79 Å².